The van der Waals surface area contributed by atoms with Gasteiger partial charge in [0.15, 0.2) is 23.0 Å². The molecule has 0 aliphatic carbocycles. The summed E-state index contributed by atoms with van der Waals surface area (Å²) >= 11 is 12.2. The van der Waals surface area contributed by atoms with Crippen molar-refractivity contribution in [3.63, 3.8) is 0 Å². The number of aromatic nitrogens is 1. The molecule has 0 bridgehead atoms. The van der Waals surface area contributed by atoms with E-state index in [0.717, 1.165) is 16.5 Å². The number of pyridine rings is 1. The van der Waals surface area contributed by atoms with Crippen molar-refractivity contribution in [1.82, 2.24) is 4.98 Å². The second-order valence-corrected chi connectivity index (χ2v) is 9.88. The maximum atomic E-state index is 12.7. The molecule has 0 fully saturated rings. The van der Waals surface area contributed by atoms with Crippen molar-refractivity contribution in [2.45, 2.75) is 27.7 Å². The van der Waals surface area contributed by atoms with Crippen molar-refractivity contribution in [1.29, 1.82) is 0 Å². The van der Waals surface area contributed by atoms with Crippen LogP contribution in [0.4, 0.5) is 0 Å². The summed E-state index contributed by atoms with van der Waals surface area (Å²) in [7, 11) is 2.76. The van der Waals surface area contributed by atoms with Crippen molar-refractivity contribution < 1.29 is 38.7 Å². The summed E-state index contributed by atoms with van der Waals surface area (Å²) in [6.45, 7) is 6.34. The zero-order valence-electron chi connectivity index (χ0n) is 22.8. The lowest BCUT2D eigenvalue weighted by molar-refractivity contribution is 0.0596. The summed E-state index contributed by atoms with van der Waals surface area (Å²) in [5.74, 6) is -2.04. The monoisotopic (exact) mass is 601 g/mol. The Morgan fingerprint density at radius 3 is 2.17 bits per heavy atom. The van der Waals surface area contributed by atoms with Crippen molar-refractivity contribution in [3.05, 3.63) is 78.0 Å². The maximum Gasteiger partial charge on any atom is 0.347 e. The smallest absolute Gasteiger partial charge is 0.347 e. The van der Waals surface area contributed by atoms with E-state index in [2.05, 4.69) is 4.98 Å². The van der Waals surface area contributed by atoms with Crippen LogP contribution in [0, 0.1) is 27.7 Å². The van der Waals surface area contributed by atoms with Crippen LogP contribution in [0.1, 0.15) is 43.0 Å². The largest absolute Gasteiger partial charge is 0.507 e. The van der Waals surface area contributed by atoms with E-state index in [1.54, 1.807) is 13.2 Å². The van der Waals surface area contributed by atoms with Crippen LogP contribution >= 0.6 is 23.2 Å². The second-order valence-electron chi connectivity index (χ2n) is 9.12. The van der Waals surface area contributed by atoms with Crippen LogP contribution in [-0.4, -0.2) is 41.4 Å². The molecule has 214 valence electrons. The Labute approximate surface area is 244 Å². The fraction of sp³-hybridized carbons (Fsp3) is 0.207. The van der Waals surface area contributed by atoms with Gasteiger partial charge < -0.3 is 34.1 Å². The Bertz CT molecular complexity index is 1810. The van der Waals surface area contributed by atoms with Crippen LogP contribution < -0.4 is 19.8 Å². The molecule has 12 heteroatoms. The molecule has 0 saturated heterocycles. The van der Waals surface area contributed by atoms with Crippen molar-refractivity contribution in [3.8, 4) is 34.5 Å². The number of benzene rings is 3. The highest BCUT2D eigenvalue weighted by molar-refractivity contribution is 6.39. The summed E-state index contributed by atoms with van der Waals surface area (Å²) in [5.41, 5.74) is 1.89. The average Bonchev–Trinajstić information content (AvgIpc) is 3.10. The van der Waals surface area contributed by atoms with E-state index < -0.39 is 23.4 Å². The third-order valence-electron chi connectivity index (χ3n) is 6.66. The molecule has 1 aliphatic rings. The van der Waals surface area contributed by atoms with E-state index in [1.807, 2.05) is 25.1 Å². The summed E-state index contributed by atoms with van der Waals surface area (Å²) in [6, 6.07) is 7.29. The van der Waals surface area contributed by atoms with Gasteiger partial charge in [-0.25, -0.2) is 9.59 Å². The topological polar surface area (TPSA) is 144 Å². The van der Waals surface area contributed by atoms with E-state index in [-0.39, 0.29) is 60.7 Å². The molecule has 0 saturated carbocycles. The highest BCUT2D eigenvalue weighted by Gasteiger charge is 2.35. The van der Waals surface area contributed by atoms with Gasteiger partial charge in [-0.3, -0.25) is 4.79 Å². The fourth-order valence-electron chi connectivity index (χ4n) is 4.48. The number of rotatable bonds is 2. The highest BCUT2D eigenvalue weighted by Crippen LogP contribution is 2.52. The van der Waals surface area contributed by atoms with Gasteiger partial charge in [0.05, 0.1) is 24.8 Å². The third-order valence-corrected chi connectivity index (χ3v) is 7.47. The Kier molecular flexibility index (Phi) is 8.10. The van der Waals surface area contributed by atoms with Gasteiger partial charge in [0, 0.05) is 22.6 Å². The predicted octanol–water partition coefficient (Wildman–Crippen LogP) is 6.29. The van der Waals surface area contributed by atoms with E-state index in [9.17, 15) is 24.6 Å². The van der Waals surface area contributed by atoms with E-state index in [1.165, 1.54) is 27.9 Å². The lowest BCUT2D eigenvalue weighted by Gasteiger charge is -2.17. The number of hydrogen-bond acceptors (Lipinski definition) is 9. The first kappa shape index (κ1) is 29.6. The first-order valence-electron chi connectivity index (χ1n) is 12.1. The molecule has 3 N–H and O–H groups in total. The maximum absolute atomic E-state index is 12.7. The number of H-pyrrole nitrogens is 1. The van der Waals surface area contributed by atoms with Gasteiger partial charge in [0.2, 0.25) is 5.56 Å². The normalized spacial score (nSPS) is 11.8. The molecule has 0 atom stereocenters. The molecular formula is C29H25Cl2NO9. The van der Waals surface area contributed by atoms with Crippen LogP contribution in [0.25, 0.3) is 10.9 Å². The number of nitrogens with one attached hydrogen (secondary N) is 1. The number of carbonyl (C=O) groups is 2. The number of aryl methyl sites for hydroxylation is 1. The molecule has 1 aliphatic heterocycles. The van der Waals surface area contributed by atoms with E-state index >= 15 is 0 Å². The average molecular weight is 602 g/mol. The Morgan fingerprint density at radius 1 is 0.878 bits per heavy atom. The molecule has 3 aromatic carbocycles. The lowest BCUT2D eigenvalue weighted by Crippen LogP contribution is -2.11. The van der Waals surface area contributed by atoms with Crippen LogP contribution in [0.5, 0.6) is 34.5 Å². The zero-order chi connectivity index (χ0) is 30.3. The lowest BCUT2D eigenvalue weighted by atomic mass is 10.0. The molecular weight excluding hydrogens is 577 g/mol. The molecule has 4 aromatic rings. The number of carbonyl (C=O) groups excluding carboxylic acids is 2. The number of halogens is 2. The minimum Gasteiger partial charge on any atom is -0.507 e. The number of hydrogen-bond donors (Lipinski definition) is 3. The number of phenols is 2. The number of phenolic OH excluding ortho intramolecular Hbond substituents is 2. The van der Waals surface area contributed by atoms with Gasteiger partial charge in [0.25, 0.3) is 0 Å². The molecule has 0 amide bonds. The summed E-state index contributed by atoms with van der Waals surface area (Å²) in [5, 5.41) is 21.1. The minimum atomic E-state index is -0.835. The van der Waals surface area contributed by atoms with Gasteiger partial charge in [0.1, 0.15) is 27.6 Å². The van der Waals surface area contributed by atoms with Crippen LogP contribution in [-0.2, 0) is 4.74 Å². The molecule has 2 heterocycles. The predicted molar refractivity (Wildman–Crippen MR) is 153 cm³/mol. The van der Waals surface area contributed by atoms with Gasteiger partial charge in [-0.1, -0.05) is 35.3 Å². The summed E-state index contributed by atoms with van der Waals surface area (Å²) in [4.78, 5) is 38.8. The molecule has 1 aromatic heterocycles. The zero-order valence-corrected chi connectivity index (χ0v) is 24.3. The Morgan fingerprint density at radius 2 is 1.54 bits per heavy atom. The van der Waals surface area contributed by atoms with Gasteiger partial charge in [-0.15, -0.1) is 0 Å². The number of esters is 2. The van der Waals surface area contributed by atoms with Crippen LogP contribution in [0.15, 0.2) is 29.1 Å². The SMILES string of the molecule is COC(=O)c1c(C)c2c(c(C)c1O)OC(=O)c1c(C)c(Cl)c(O)c(Cl)c1O2.COc1cccc2c(C)cc(=O)[nH]c12. The van der Waals surface area contributed by atoms with Gasteiger partial charge >= 0.3 is 11.9 Å². The van der Waals surface area contributed by atoms with Crippen molar-refractivity contribution in [2.75, 3.05) is 14.2 Å². The number of fused-ring (bicyclic) bond motifs is 3. The fourth-order valence-corrected chi connectivity index (χ4v) is 4.94. The Hall–Kier alpha value is -4.41. The molecule has 0 spiro atoms. The molecule has 10 nitrogen and oxygen atoms in total. The number of methoxy groups -OCH3 is 2. The molecule has 41 heavy (non-hydrogen) atoms. The number of aromatic amines is 1. The molecule has 0 radical (unpaired) electrons. The highest BCUT2D eigenvalue weighted by atomic mass is 35.5. The van der Waals surface area contributed by atoms with E-state index in [0.29, 0.717) is 5.75 Å². The quantitative estimate of drug-likeness (QED) is 0.178. The number of ether oxygens (including phenoxy) is 4. The number of para-hydroxylation sites is 1. The molecule has 5 rings (SSSR count). The van der Waals surface area contributed by atoms with Crippen LogP contribution in [0.3, 0.4) is 0 Å². The van der Waals surface area contributed by atoms with Crippen molar-refractivity contribution in [2.24, 2.45) is 0 Å². The Balaban J connectivity index is 0.000000231. The van der Waals surface area contributed by atoms with Crippen LogP contribution in [0.2, 0.25) is 10.0 Å². The summed E-state index contributed by atoms with van der Waals surface area (Å²) in [6.07, 6.45) is 0. The standard InChI is InChI=1S/C18H14Cl2O7.C11H11NO2/c1-5-9-16(11(20)13(22)10(5)19)26-14-6(2)8(17(23)25-4)12(21)7(3)15(14)27-18(9)24;1-7-6-10(13)12-11-8(7)4-3-5-9(11)14-2/h21-22H,1-4H3;3-6H,1-2H3,(H,12,13). The second kappa shape index (κ2) is 11.2. The first-order chi connectivity index (χ1) is 19.3. The third kappa shape index (κ3) is 5.00. The molecule has 0 unspecified atom stereocenters. The number of aromatic hydroxyl groups is 2. The van der Waals surface area contributed by atoms with Gasteiger partial charge in [-0.2, -0.15) is 0 Å². The summed E-state index contributed by atoms with van der Waals surface area (Å²) < 4.78 is 21.1. The minimum absolute atomic E-state index is 0.0131. The first-order valence-corrected chi connectivity index (χ1v) is 12.8. The van der Waals surface area contributed by atoms with Crippen molar-refractivity contribution >= 4 is 46.0 Å². The van der Waals surface area contributed by atoms with E-state index in [4.69, 9.17) is 42.1 Å². The van der Waals surface area contributed by atoms with Gasteiger partial charge in [-0.05, 0) is 44.9 Å².